The van der Waals surface area contributed by atoms with Crippen LogP contribution in [0.4, 0.5) is 0 Å². The van der Waals surface area contributed by atoms with Crippen molar-refractivity contribution in [2.45, 2.75) is 13.8 Å². The van der Waals surface area contributed by atoms with Gasteiger partial charge in [0, 0.05) is 10.6 Å². The molecule has 0 spiro atoms. The van der Waals surface area contributed by atoms with Crippen molar-refractivity contribution in [3.8, 4) is 0 Å². The van der Waals surface area contributed by atoms with E-state index in [9.17, 15) is 4.79 Å². The highest BCUT2D eigenvalue weighted by Crippen LogP contribution is 2.20. The second kappa shape index (κ2) is 4.29. The van der Waals surface area contributed by atoms with Crippen LogP contribution in [0, 0.1) is 0 Å². The third kappa shape index (κ3) is 2.36. The van der Waals surface area contributed by atoms with Gasteiger partial charge in [-0.25, -0.2) is 4.79 Å². The molecule has 0 bridgehead atoms. The van der Waals surface area contributed by atoms with Gasteiger partial charge in [-0.05, 0) is 37.1 Å². The number of hydrogen-bond donors (Lipinski definition) is 1. The van der Waals surface area contributed by atoms with Crippen molar-refractivity contribution in [2.24, 2.45) is 0 Å². The van der Waals surface area contributed by atoms with Crippen molar-refractivity contribution in [2.75, 3.05) is 0 Å². The number of carbonyl (C=O) groups is 1. The summed E-state index contributed by atoms with van der Waals surface area (Å²) in [7, 11) is 0. The number of carboxylic acids is 1. The Morgan fingerprint density at radius 1 is 1.21 bits per heavy atom. The highest BCUT2D eigenvalue weighted by molar-refractivity contribution is 6.30. The Kier molecular flexibility index (Phi) is 3.31. The van der Waals surface area contributed by atoms with Crippen LogP contribution in [-0.4, -0.2) is 11.1 Å². The smallest absolute Gasteiger partial charge is 0.331 e. The molecule has 0 heterocycles. The molecule has 3 heteroatoms. The summed E-state index contributed by atoms with van der Waals surface area (Å²) in [5, 5.41) is 9.43. The monoisotopic (exact) mass is 210 g/mol. The minimum absolute atomic E-state index is 0.354. The van der Waals surface area contributed by atoms with E-state index in [1.54, 1.807) is 26.0 Å². The first-order valence-corrected chi connectivity index (χ1v) is 4.57. The predicted molar refractivity (Wildman–Crippen MR) is 57.4 cm³/mol. The van der Waals surface area contributed by atoms with Crippen molar-refractivity contribution >= 4 is 23.1 Å². The number of hydrogen-bond acceptors (Lipinski definition) is 1. The van der Waals surface area contributed by atoms with E-state index in [0.717, 1.165) is 11.1 Å². The third-order valence-electron chi connectivity index (χ3n) is 2.16. The quantitative estimate of drug-likeness (QED) is 0.761. The van der Waals surface area contributed by atoms with Gasteiger partial charge >= 0.3 is 5.97 Å². The molecule has 74 valence electrons. The number of halogens is 1. The number of rotatable bonds is 2. The van der Waals surface area contributed by atoms with E-state index < -0.39 is 5.97 Å². The SMILES string of the molecule is C/C(C(=O)O)=C(/C)c1ccc(Cl)cc1. The van der Waals surface area contributed by atoms with Gasteiger partial charge in [-0.2, -0.15) is 0 Å². The zero-order valence-corrected chi connectivity index (χ0v) is 8.80. The van der Waals surface area contributed by atoms with Gasteiger partial charge in [-0.3, -0.25) is 0 Å². The molecule has 0 saturated heterocycles. The van der Waals surface area contributed by atoms with E-state index in [2.05, 4.69) is 0 Å². The fraction of sp³-hybridized carbons (Fsp3) is 0.182. The summed E-state index contributed by atoms with van der Waals surface area (Å²) in [5.41, 5.74) is 2.00. The predicted octanol–water partition coefficient (Wildman–Crippen LogP) is 3.22. The molecular formula is C11H11ClO2. The first kappa shape index (κ1) is 10.8. The Hall–Kier alpha value is -1.28. The summed E-state index contributed by atoms with van der Waals surface area (Å²) in [5.74, 6) is -0.891. The molecule has 0 aliphatic carbocycles. The van der Waals surface area contributed by atoms with E-state index >= 15 is 0 Å². The van der Waals surface area contributed by atoms with Gasteiger partial charge < -0.3 is 5.11 Å². The van der Waals surface area contributed by atoms with Crippen molar-refractivity contribution in [3.05, 3.63) is 40.4 Å². The van der Waals surface area contributed by atoms with Gasteiger partial charge in [0.25, 0.3) is 0 Å². The molecule has 0 amide bonds. The molecule has 0 aliphatic rings. The maximum atomic E-state index is 10.7. The Morgan fingerprint density at radius 3 is 2.14 bits per heavy atom. The second-order valence-electron chi connectivity index (χ2n) is 3.06. The lowest BCUT2D eigenvalue weighted by molar-refractivity contribution is -0.132. The molecule has 0 aromatic heterocycles. The third-order valence-corrected chi connectivity index (χ3v) is 2.41. The Bertz CT molecular complexity index is 377. The average Bonchev–Trinajstić information content (AvgIpc) is 2.16. The van der Waals surface area contributed by atoms with Crippen molar-refractivity contribution < 1.29 is 9.90 Å². The molecule has 0 radical (unpaired) electrons. The Balaban J connectivity index is 3.12. The van der Waals surface area contributed by atoms with Crippen LogP contribution >= 0.6 is 11.6 Å². The molecule has 14 heavy (non-hydrogen) atoms. The van der Waals surface area contributed by atoms with Gasteiger partial charge in [-0.1, -0.05) is 23.7 Å². The number of benzene rings is 1. The molecule has 2 nitrogen and oxygen atoms in total. The summed E-state index contributed by atoms with van der Waals surface area (Å²) >= 11 is 5.73. The zero-order chi connectivity index (χ0) is 10.7. The van der Waals surface area contributed by atoms with Gasteiger partial charge in [0.05, 0.1) is 0 Å². The van der Waals surface area contributed by atoms with Crippen LogP contribution < -0.4 is 0 Å². The summed E-state index contributed by atoms with van der Waals surface area (Å²) in [6.07, 6.45) is 0. The summed E-state index contributed by atoms with van der Waals surface area (Å²) < 4.78 is 0. The number of carboxylic acid groups (broad SMARTS) is 1. The highest BCUT2D eigenvalue weighted by atomic mass is 35.5. The number of aliphatic carboxylic acids is 1. The fourth-order valence-electron chi connectivity index (χ4n) is 1.08. The normalized spacial score (nSPS) is 12.2. The molecule has 1 N–H and O–H groups in total. The van der Waals surface area contributed by atoms with Crippen LogP contribution in [0.5, 0.6) is 0 Å². The fourth-order valence-corrected chi connectivity index (χ4v) is 1.20. The van der Waals surface area contributed by atoms with Crippen LogP contribution in [0.25, 0.3) is 5.57 Å². The minimum Gasteiger partial charge on any atom is -0.478 e. The van der Waals surface area contributed by atoms with Crippen LogP contribution in [0.2, 0.25) is 5.02 Å². The van der Waals surface area contributed by atoms with Crippen molar-refractivity contribution in [1.82, 2.24) is 0 Å². The zero-order valence-electron chi connectivity index (χ0n) is 8.04. The molecule has 0 aliphatic heterocycles. The van der Waals surface area contributed by atoms with Gasteiger partial charge in [0.2, 0.25) is 0 Å². The standard InChI is InChI=1S/C11H11ClO2/c1-7(8(2)11(13)14)9-3-5-10(12)6-4-9/h3-6H,1-2H3,(H,13,14)/b8-7+. The topological polar surface area (TPSA) is 37.3 Å². The van der Waals surface area contributed by atoms with Crippen LogP contribution in [0.3, 0.4) is 0 Å². The molecule has 0 atom stereocenters. The van der Waals surface area contributed by atoms with E-state index in [-0.39, 0.29) is 0 Å². The molecule has 1 rings (SSSR count). The van der Waals surface area contributed by atoms with Crippen molar-refractivity contribution in [1.29, 1.82) is 0 Å². The lowest BCUT2D eigenvalue weighted by Crippen LogP contribution is -1.98. The Labute approximate surface area is 87.8 Å². The van der Waals surface area contributed by atoms with E-state index in [4.69, 9.17) is 16.7 Å². The molecule has 1 aromatic carbocycles. The highest BCUT2D eigenvalue weighted by Gasteiger charge is 2.06. The molecule has 1 aromatic rings. The average molecular weight is 211 g/mol. The molecular weight excluding hydrogens is 200 g/mol. The van der Waals surface area contributed by atoms with Crippen molar-refractivity contribution in [3.63, 3.8) is 0 Å². The molecule has 0 saturated carbocycles. The minimum atomic E-state index is -0.891. The van der Waals surface area contributed by atoms with E-state index in [1.807, 2.05) is 12.1 Å². The van der Waals surface area contributed by atoms with Gasteiger partial charge in [0.15, 0.2) is 0 Å². The second-order valence-corrected chi connectivity index (χ2v) is 3.50. The summed E-state index contributed by atoms with van der Waals surface area (Å²) in [6, 6.07) is 7.11. The maximum absolute atomic E-state index is 10.7. The van der Waals surface area contributed by atoms with Crippen LogP contribution in [0.1, 0.15) is 19.4 Å². The largest absolute Gasteiger partial charge is 0.478 e. The van der Waals surface area contributed by atoms with Gasteiger partial charge in [-0.15, -0.1) is 0 Å². The maximum Gasteiger partial charge on any atom is 0.331 e. The summed E-state index contributed by atoms with van der Waals surface area (Å²) in [6.45, 7) is 3.37. The first-order chi connectivity index (χ1) is 6.52. The molecule has 0 unspecified atom stereocenters. The van der Waals surface area contributed by atoms with E-state index in [0.29, 0.717) is 10.6 Å². The number of allylic oxidation sites excluding steroid dienone is 1. The lowest BCUT2D eigenvalue weighted by atomic mass is 10.0. The lowest BCUT2D eigenvalue weighted by Gasteiger charge is -2.04. The van der Waals surface area contributed by atoms with Gasteiger partial charge in [0.1, 0.15) is 0 Å². The Morgan fingerprint density at radius 2 is 1.71 bits per heavy atom. The molecule has 0 fully saturated rings. The first-order valence-electron chi connectivity index (χ1n) is 4.19. The van der Waals surface area contributed by atoms with Crippen LogP contribution in [0.15, 0.2) is 29.8 Å². The summed E-state index contributed by atoms with van der Waals surface area (Å²) in [4.78, 5) is 10.7. The van der Waals surface area contributed by atoms with Crippen LogP contribution in [-0.2, 0) is 4.79 Å². The van der Waals surface area contributed by atoms with E-state index in [1.165, 1.54) is 0 Å².